The second-order valence-corrected chi connectivity index (χ2v) is 5.83. The van der Waals surface area contributed by atoms with Crippen molar-refractivity contribution in [2.45, 2.75) is 25.2 Å². The van der Waals surface area contributed by atoms with Gasteiger partial charge in [0.1, 0.15) is 5.76 Å². The normalized spacial score (nSPS) is 32.3. The molecule has 0 aromatic carbocycles. The highest BCUT2D eigenvalue weighted by Crippen LogP contribution is 2.33. The van der Waals surface area contributed by atoms with E-state index in [9.17, 15) is 0 Å². The minimum absolute atomic E-state index is 0.431. The van der Waals surface area contributed by atoms with Crippen molar-refractivity contribution in [3.63, 3.8) is 0 Å². The Labute approximate surface area is 108 Å². The number of fused-ring (bicyclic) bond motifs is 1. The monoisotopic (exact) mass is 250 g/mol. The number of hydrogen-bond acceptors (Lipinski definition) is 4. The molecule has 18 heavy (non-hydrogen) atoms. The van der Waals surface area contributed by atoms with Gasteiger partial charge in [-0.05, 0) is 32.6 Å². The van der Waals surface area contributed by atoms with Gasteiger partial charge in [0.25, 0.3) is 0 Å². The average Bonchev–Trinajstić information content (AvgIpc) is 2.93. The molecular weight excluding hydrogens is 228 g/mol. The highest BCUT2D eigenvalue weighted by Gasteiger charge is 2.41. The van der Waals surface area contributed by atoms with Crippen molar-refractivity contribution in [3.8, 4) is 0 Å². The smallest absolute Gasteiger partial charge is 0.117 e. The first-order valence-corrected chi connectivity index (χ1v) is 6.75. The van der Waals surface area contributed by atoms with Crippen molar-refractivity contribution in [1.82, 2.24) is 9.80 Å². The molecule has 4 nitrogen and oxygen atoms in total. The Morgan fingerprint density at radius 1 is 1.39 bits per heavy atom. The van der Waals surface area contributed by atoms with Crippen molar-refractivity contribution in [3.05, 3.63) is 24.2 Å². The number of ether oxygens (including phenoxy) is 1. The molecule has 0 saturated carbocycles. The molecule has 0 unspecified atom stereocenters. The van der Waals surface area contributed by atoms with Crippen molar-refractivity contribution >= 4 is 0 Å². The maximum atomic E-state index is 6.13. The van der Waals surface area contributed by atoms with Crippen LogP contribution in [0.25, 0.3) is 0 Å². The fourth-order valence-electron chi connectivity index (χ4n) is 3.23. The van der Waals surface area contributed by atoms with Gasteiger partial charge >= 0.3 is 0 Å². The predicted molar refractivity (Wildman–Crippen MR) is 69.3 cm³/mol. The summed E-state index contributed by atoms with van der Waals surface area (Å²) in [5, 5.41) is 0. The fraction of sp³-hybridized carbons (Fsp3) is 0.714. The van der Waals surface area contributed by atoms with Crippen molar-refractivity contribution < 1.29 is 9.15 Å². The third kappa shape index (κ3) is 2.60. The van der Waals surface area contributed by atoms with Gasteiger partial charge in [0, 0.05) is 25.6 Å². The van der Waals surface area contributed by atoms with Gasteiger partial charge in [0.05, 0.1) is 25.0 Å². The standard InChI is InChI=1S/C14H22N2O2/c1-15(2)8-13-6-11-7-16(10-14(11)18-13)9-12-4-3-5-17-12/h3-5,11,13-14H,6-10H2,1-2H3/t11-,13-,14+/m1/s1. The zero-order valence-corrected chi connectivity index (χ0v) is 11.2. The third-order valence-electron chi connectivity index (χ3n) is 3.92. The van der Waals surface area contributed by atoms with Gasteiger partial charge in [-0.2, -0.15) is 0 Å². The van der Waals surface area contributed by atoms with Crippen molar-refractivity contribution in [1.29, 1.82) is 0 Å². The quantitative estimate of drug-likeness (QED) is 0.808. The van der Waals surface area contributed by atoms with Gasteiger partial charge in [-0.3, -0.25) is 4.90 Å². The summed E-state index contributed by atoms with van der Waals surface area (Å²) in [7, 11) is 4.22. The number of furan rings is 1. The van der Waals surface area contributed by atoms with Crippen LogP contribution in [0.5, 0.6) is 0 Å². The maximum absolute atomic E-state index is 6.13. The maximum Gasteiger partial charge on any atom is 0.117 e. The minimum atomic E-state index is 0.431. The first-order chi connectivity index (χ1) is 8.70. The SMILES string of the molecule is CN(C)C[C@H]1C[C@@H]2CN(Cc3ccco3)C[C@@H]2O1. The van der Waals surface area contributed by atoms with E-state index in [0.29, 0.717) is 18.1 Å². The third-order valence-corrected chi connectivity index (χ3v) is 3.92. The second-order valence-electron chi connectivity index (χ2n) is 5.83. The Balaban J connectivity index is 1.50. The molecule has 2 fully saturated rings. The minimum Gasteiger partial charge on any atom is -0.468 e. The number of likely N-dealkylation sites (tertiary alicyclic amines) is 1. The highest BCUT2D eigenvalue weighted by molar-refractivity contribution is 5.00. The summed E-state index contributed by atoms with van der Waals surface area (Å²) in [6.07, 6.45) is 3.82. The van der Waals surface area contributed by atoms with Gasteiger partial charge < -0.3 is 14.1 Å². The number of hydrogen-bond donors (Lipinski definition) is 0. The van der Waals surface area contributed by atoms with Crippen LogP contribution in [-0.2, 0) is 11.3 Å². The summed E-state index contributed by atoms with van der Waals surface area (Å²) >= 11 is 0. The molecule has 1 aromatic heterocycles. The molecule has 0 aliphatic carbocycles. The van der Waals surface area contributed by atoms with Gasteiger partial charge in [-0.1, -0.05) is 0 Å². The van der Waals surface area contributed by atoms with Crippen LogP contribution < -0.4 is 0 Å². The molecule has 100 valence electrons. The van der Waals surface area contributed by atoms with Crippen LogP contribution in [-0.4, -0.2) is 55.7 Å². The molecular formula is C14H22N2O2. The largest absolute Gasteiger partial charge is 0.468 e. The van der Waals surface area contributed by atoms with Crippen LogP contribution in [0.3, 0.4) is 0 Å². The van der Waals surface area contributed by atoms with Crippen LogP contribution >= 0.6 is 0 Å². The van der Waals surface area contributed by atoms with Crippen LogP contribution in [0.4, 0.5) is 0 Å². The molecule has 0 radical (unpaired) electrons. The lowest BCUT2D eigenvalue weighted by Gasteiger charge is -2.20. The molecule has 3 rings (SSSR count). The Hall–Kier alpha value is -0.840. The molecule has 4 heteroatoms. The van der Waals surface area contributed by atoms with Crippen LogP contribution in [0.2, 0.25) is 0 Å². The first kappa shape index (κ1) is 12.2. The lowest BCUT2D eigenvalue weighted by atomic mass is 10.0. The van der Waals surface area contributed by atoms with Gasteiger partial charge in [-0.15, -0.1) is 0 Å². The summed E-state index contributed by atoms with van der Waals surface area (Å²) in [6, 6.07) is 4.00. The highest BCUT2D eigenvalue weighted by atomic mass is 16.5. The van der Waals surface area contributed by atoms with E-state index >= 15 is 0 Å². The lowest BCUT2D eigenvalue weighted by molar-refractivity contribution is 0.0245. The molecule has 0 bridgehead atoms. The Morgan fingerprint density at radius 3 is 2.94 bits per heavy atom. The summed E-state index contributed by atoms with van der Waals surface area (Å²) in [6.45, 7) is 4.16. The molecule has 3 atom stereocenters. The van der Waals surface area contributed by atoms with E-state index in [2.05, 4.69) is 23.9 Å². The van der Waals surface area contributed by atoms with Crippen LogP contribution in [0.15, 0.2) is 22.8 Å². The predicted octanol–water partition coefficient (Wildman–Crippen LogP) is 1.43. The van der Waals surface area contributed by atoms with E-state index in [0.717, 1.165) is 31.9 Å². The second kappa shape index (κ2) is 5.03. The average molecular weight is 250 g/mol. The Kier molecular flexibility index (Phi) is 3.41. The number of rotatable bonds is 4. The van der Waals surface area contributed by atoms with E-state index in [4.69, 9.17) is 9.15 Å². The lowest BCUT2D eigenvalue weighted by Crippen LogP contribution is -2.29. The van der Waals surface area contributed by atoms with E-state index in [1.807, 2.05) is 12.1 Å². The molecule has 3 heterocycles. The molecule has 0 N–H and O–H groups in total. The van der Waals surface area contributed by atoms with Gasteiger partial charge in [0.15, 0.2) is 0 Å². The van der Waals surface area contributed by atoms with Crippen LogP contribution in [0.1, 0.15) is 12.2 Å². The summed E-state index contributed by atoms with van der Waals surface area (Å²) in [5.41, 5.74) is 0. The molecule has 0 spiro atoms. The topological polar surface area (TPSA) is 28.9 Å². The Bertz CT molecular complexity index is 363. The molecule has 1 aromatic rings. The molecule has 2 aliphatic rings. The number of nitrogens with zero attached hydrogens (tertiary/aromatic N) is 2. The van der Waals surface area contributed by atoms with Gasteiger partial charge in [0.2, 0.25) is 0 Å². The zero-order chi connectivity index (χ0) is 12.5. The van der Waals surface area contributed by atoms with Crippen LogP contribution in [0, 0.1) is 5.92 Å². The van der Waals surface area contributed by atoms with E-state index in [1.54, 1.807) is 6.26 Å². The Morgan fingerprint density at radius 2 is 2.28 bits per heavy atom. The fourth-order valence-corrected chi connectivity index (χ4v) is 3.23. The van der Waals surface area contributed by atoms with E-state index in [1.165, 1.54) is 6.42 Å². The molecule has 0 amide bonds. The summed E-state index contributed by atoms with van der Waals surface area (Å²) in [5.74, 6) is 1.77. The zero-order valence-electron chi connectivity index (χ0n) is 11.2. The molecule has 2 saturated heterocycles. The first-order valence-electron chi connectivity index (χ1n) is 6.75. The van der Waals surface area contributed by atoms with Crippen molar-refractivity contribution in [2.75, 3.05) is 33.7 Å². The molecule has 2 aliphatic heterocycles. The van der Waals surface area contributed by atoms with E-state index in [-0.39, 0.29) is 0 Å². The van der Waals surface area contributed by atoms with Crippen molar-refractivity contribution in [2.24, 2.45) is 5.92 Å². The van der Waals surface area contributed by atoms with Gasteiger partial charge in [-0.25, -0.2) is 0 Å². The van der Waals surface area contributed by atoms with E-state index < -0.39 is 0 Å². The summed E-state index contributed by atoms with van der Waals surface area (Å²) < 4.78 is 11.5. The number of likely N-dealkylation sites (N-methyl/N-ethyl adjacent to an activating group) is 1. The summed E-state index contributed by atoms with van der Waals surface area (Å²) in [4.78, 5) is 4.66.